The van der Waals surface area contributed by atoms with Gasteiger partial charge in [-0.15, -0.1) is 0 Å². The normalized spacial score (nSPS) is 13.4. The summed E-state index contributed by atoms with van der Waals surface area (Å²) in [4.78, 5) is 11.7. The third-order valence-corrected chi connectivity index (χ3v) is 6.89. The second kappa shape index (κ2) is 23.1. The van der Waals surface area contributed by atoms with Gasteiger partial charge in [0.2, 0.25) is 0 Å². The number of carbonyl (C=O) groups is 1. The van der Waals surface area contributed by atoms with E-state index >= 15 is 0 Å². The maximum Gasteiger partial charge on any atom is 0.306 e. The first-order chi connectivity index (χ1) is 14.6. The first-order valence-electron chi connectivity index (χ1n) is 13.9. The monoisotopic (exact) mass is 424 g/mol. The molecule has 0 amide bonds. The Bertz CT molecular complexity index is 353. The molecule has 0 fully saturated rings. The molecule has 1 N–H and O–H groups in total. The van der Waals surface area contributed by atoms with Crippen molar-refractivity contribution in [3.8, 4) is 0 Å². The summed E-state index contributed by atoms with van der Waals surface area (Å²) in [5, 5.41) is 9.62. The van der Waals surface area contributed by atoms with Crippen LogP contribution in [-0.2, 0) is 4.79 Å². The molecule has 0 heterocycles. The molecule has 0 saturated carbocycles. The first-order valence-corrected chi connectivity index (χ1v) is 13.9. The standard InChI is InChI=1S/C28H56O2/c1-4-6-8-10-12-13-14-15-16-17-18-19-21-23-25-27(28(29)30)26(3)24-22-20-11-9-7-5-2/h26-27H,4-25H2,1-3H3,(H,29,30). The molecule has 0 aliphatic carbocycles. The van der Waals surface area contributed by atoms with Gasteiger partial charge >= 0.3 is 5.97 Å². The summed E-state index contributed by atoms with van der Waals surface area (Å²) in [6, 6.07) is 0. The van der Waals surface area contributed by atoms with E-state index < -0.39 is 5.97 Å². The second-order valence-corrected chi connectivity index (χ2v) is 9.86. The maximum atomic E-state index is 11.7. The van der Waals surface area contributed by atoms with Crippen molar-refractivity contribution in [1.82, 2.24) is 0 Å². The molecular weight excluding hydrogens is 368 g/mol. The van der Waals surface area contributed by atoms with Crippen LogP contribution in [-0.4, -0.2) is 11.1 Å². The molecule has 0 bridgehead atoms. The predicted octanol–water partition coefficient (Wildman–Crippen LogP) is 9.95. The molecule has 2 atom stereocenters. The van der Waals surface area contributed by atoms with Gasteiger partial charge in [0.15, 0.2) is 0 Å². The van der Waals surface area contributed by atoms with Crippen LogP contribution in [0.15, 0.2) is 0 Å². The number of rotatable bonds is 24. The average Bonchev–Trinajstić information content (AvgIpc) is 2.73. The van der Waals surface area contributed by atoms with Crippen molar-refractivity contribution in [3.05, 3.63) is 0 Å². The molecule has 0 aromatic rings. The predicted molar refractivity (Wildman–Crippen MR) is 133 cm³/mol. The van der Waals surface area contributed by atoms with Crippen molar-refractivity contribution in [3.63, 3.8) is 0 Å². The number of carboxylic acids is 1. The first kappa shape index (κ1) is 29.5. The van der Waals surface area contributed by atoms with Crippen LogP contribution in [0.4, 0.5) is 0 Å². The zero-order valence-electron chi connectivity index (χ0n) is 21.1. The van der Waals surface area contributed by atoms with E-state index in [1.165, 1.54) is 122 Å². The van der Waals surface area contributed by atoms with Gasteiger partial charge in [0, 0.05) is 0 Å². The van der Waals surface area contributed by atoms with Crippen molar-refractivity contribution in [1.29, 1.82) is 0 Å². The fraction of sp³-hybridized carbons (Fsp3) is 0.964. The molecule has 30 heavy (non-hydrogen) atoms. The maximum absolute atomic E-state index is 11.7. The summed E-state index contributed by atoms with van der Waals surface area (Å²) in [6.07, 6.45) is 28.7. The van der Waals surface area contributed by atoms with E-state index in [2.05, 4.69) is 20.8 Å². The molecule has 0 aromatic carbocycles. The van der Waals surface area contributed by atoms with Crippen LogP contribution in [0, 0.1) is 11.8 Å². The van der Waals surface area contributed by atoms with Gasteiger partial charge in [-0.2, -0.15) is 0 Å². The van der Waals surface area contributed by atoms with Crippen LogP contribution in [0.25, 0.3) is 0 Å². The highest BCUT2D eigenvalue weighted by molar-refractivity contribution is 5.70. The summed E-state index contributed by atoms with van der Waals surface area (Å²) in [5.41, 5.74) is 0. The molecule has 0 rings (SSSR count). The lowest BCUT2D eigenvalue weighted by atomic mass is 9.85. The molecule has 0 aromatic heterocycles. The third kappa shape index (κ3) is 19.4. The topological polar surface area (TPSA) is 37.3 Å². The van der Waals surface area contributed by atoms with E-state index in [0.717, 1.165) is 19.3 Å². The number of carboxylic acid groups (broad SMARTS) is 1. The Hall–Kier alpha value is -0.530. The number of hydrogen-bond donors (Lipinski definition) is 1. The minimum absolute atomic E-state index is 0.127. The molecule has 2 heteroatoms. The molecule has 0 saturated heterocycles. The van der Waals surface area contributed by atoms with Gasteiger partial charge in [0.25, 0.3) is 0 Å². The van der Waals surface area contributed by atoms with Crippen LogP contribution in [0.5, 0.6) is 0 Å². The van der Waals surface area contributed by atoms with Crippen LogP contribution in [0.3, 0.4) is 0 Å². The van der Waals surface area contributed by atoms with Gasteiger partial charge < -0.3 is 5.11 Å². The fourth-order valence-corrected chi connectivity index (χ4v) is 4.66. The smallest absolute Gasteiger partial charge is 0.306 e. The highest BCUT2D eigenvalue weighted by atomic mass is 16.4. The summed E-state index contributed by atoms with van der Waals surface area (Å²) in [7, 11) is 0. The quantitative estimate of drug-likeness (QED) is 0.156. The lowest BCUT2D eigenvalue weighted by molar-refractivity contribution is -0.143. The van der Waals surface area contributed by atoms with Crippen molar-refractivity contribution < 1.29 is 9.90 Å². The highest BCUT2D eigenvalue weighted by Gasteiger charge is 2.23. The molecule has 2 nitrogen and oxygen atoms in total. The van der Waals surface area contributed by atoms with Crippen molar-refractivity contribution in [2.24, 2.45) is 11.8 Å². The minimum atomic E-state index is -0.567. The SMILES string of the molecule is CCCCCCCCCCCCCCCCC(C(=O)O)C(C)CCCCCCCC. The Kier molecular flexibility index (Phi) is 22.7. The van der Waals surface area contributed by atoms with Gasteiger partial charge in [0.1, 0.15) is 0 Å². The molecule has 0 radical (unpaired) electrons. The van der Waals surface area contributed by atoms with Crippen molar-refractivity contribution in [2.45, 2.75) is 162 Å². The largest absolute Gasteiger partial charge is 0.481 e. The van der Waals surface area contributed by atoms with E-state index in [-0.39, 0.29) is 5.92 Å². The Morgan fingerprint density at radius 3 is 1.17 bits per heavy atom. The molecule has 0 aliphatic heterocycles. The average molecular weight is 425 g/mol. The summed E-state index contributed by atoms with van der Waals surface area (Å²) in [5.74, 6) is -0.364. The summed E-state index contributed by atoms with van der Waals surface area (Å²) in [6.45, 7) is 6.69. The molecule has 0 aliphatic rings. The van der Waals surface area contributed by atoms with Crippen LogP contribution >= 0.6 is 0 Å². The van der Waals surface area contributed by atoms with Crippen LogP contribution in [0.1, 0.15) is 162 Å². The fourth-order valence-electron chi connectivity index (χ4n) is 4.66. The minimum Gasteiger partial charge on any atom is -0.481 e. The van der Waals surface area contributed by atoms with E-state index in [1.54, 1.807) is 0 Å². The zero-order chi connectivity index (χ0) is 22.3. The van der Waals surface area contributed by atoms with E-state index in [0.29, 0.717) is 5.92 Å². The van der Waals surface area contributed by atoms with Gasteiger partial charge in [-0.3, -0.25) is 4.79 Å². The highest BCUT2D eigenvalue weighted by Crippen LogP contribution is 2.25. The molecular formula is C28H56O2. The van der Waals surface area contributed by atoms with Crippen LogP contribution in [0.2, 0.25) is 0 Å². The molecule has 2 unspecified atom stereocenters. The van der Waals surface area contributed by atoms with E-state index in [9.17, 15) is 9.90 Å². The summed E-state index contributed by atoms with van der Waals surface area (Å²) >= 11 is 0. The Balaban J connectivity index is 3.55. The second-order valence-electron chi connectivity index (χ2n) is 9.86. The Labute approximate surface area is 190 Å². The number of hydrogen-bond acceptors (Lipinski definition) is 1. The summed E-state index contributed by atoms with van der Waals surface area (Å²) < 4.78 is 0. The molecule has 180 valence electrons. The van der Waals surface area contributed by atoms with Gasteiger partial charge in [-0.05, 0) is 18.8 Å². The third-order valence-electron chi connectivity index (χ3n) is 6.89. The number of aliphatic carboxylic acids is 1. The van der Waals surface area contributed by atoms with Gasteiger partial charge in [-0.25, -0.2) is 0 Å². The van der Waals surface area contributed by atoms with Crippen molar-refractivity contribution in [2.75, 3.05) is 0 Å². The van der Waals surface area contributed by atoms with Crippen molar-refractivity contribution >= 4 is 5.97 Å². The van der Waals surface area contributed by atoms with E-state index in [1.807, 2.05) is 0 Å². The number of unbranched alkanes of at least 4 members (excludes halogenated alkanes) is 18. The van der Waals surface area contributed by atoms with Gasteiger partial charge in [-0.1, -0.05) is 149 Å². The van der Waals surface area contributed by atoms with Crippen LogP contribution < -0.4 is 0 Å². The molecule has 0 spiro atoms. The Morgan fingerprint density at radius 1 is 0.533 bits per heavy atom. The zero-order valence-corrected chi connectivity index (χ0v) is 21.1. The lowest BCUT2D eigenvalue weighted by Gasteiger charge is -2.20. The van der Waals surface area contributed by atoms with Gasteiger partial charge in [0.05, 0.1) is 5.92 Å². The lowest BCUT2D eigenvalue weighted by Crippen LogP contribution is -2.21. The van der Waals surface area contributed by atoms with E-state index in [4.69, 9.17) is 0 Å². The Morgan fingerprint density at radius 2 is 0.833 bits per heavy atom.